The number of hydrogen-bond donors (Lipinski definition) is 1. The van der Waals surface area contributed by atoms with Crippen molar-refractivity contribution in [3.63, 3.8) is 0 Å². The quantitative estimate of drug-likeness (QED) is 0.859. The highest BCUT2D eigenvalue weighted by molar-refractivity contribution is 5.28. The summed E-state index contributed by atoms with van der Waals surface area (Å²) in [6.07, 6.45) is 2.56. The molecule has 2 aliphatic rings. The average Bonchev–Trinajstić information content (AvgIpc) is 2.91. The van der Waals surface area contributed by atoms with E-state index in [4.69, 9.17) is 9.47 Å². The van der Waals surface area contributed by atoms with E-state index in [1.165, 1.54) is 5.56 Å². The minimum absolute atomic E-state index is 0.0624. The molecule has 2 saturated heterocycles. The molecule has 24 heavy (non-hydrogen) atoms. The monoisotopic (exact) mass is 334 g/mol. The van der Waals surface area contributed by atoms with E-state index in [0.29, 0.717) is 13.2 Å². The number of nitrogens with zero attached hydrogens (tertiary/aromatic N) is 2. The first kappa shape index (κ1) is 17.7. The average molecular weight is 334 g/mol. The highest BCUT2D eigenvalue weighted by atomic mass is 16.5. The third-order valence-corrected chi connectivity index (χ3v) is 5.07. The Morgan fingerprint density at radius 2 is 2.12 bits per heavy atom. The maximum atomic E-state index is 9.73. The number of likely N-dealkylation sites (N-methyl/N-ethyl adjacent to an activating group) is 1. The molecule has 0 bridgehead atoms. The molecule has 5 nitrogen and oxygen atoms in total. The molecule has 2 aliphatic heterocycles. The van der Waals surface area contributed by atoms with Crippen molar-refractivity contribution in [2.75, 3.05) is 46.9 Å². The van der Waals surface area contributed by atoms with Crippen LogP contribution >= 0.6 is 0 Å². The van der Waals surface area contributed by atoms with Gasteiger partial charge in [-0.2, -0.15) is 0 Å². The highest BCUT2D eigenvalue weighted by Gasteiger charge is 2.41. The molecule has 0 amide bonds. The van der Waals surface area contributed by atoms with Gasteiger partial charge in [0.15, 0.2) is 0 Å². The van der Waals surface area contributed by atoms with Gasteiger partial charge in [0.25, 0.3) is 0 Å². The Labute approximate surface area is 145 Å². The summed E-state index contributed by atoms with van der Waals surface area (Å²) in [5, 5.41) is 9.73. The smallest absolute Gasteiger partial charge is 0.119 e. The number of rotatable bonds is 6. The van der Waals surface area contributed by atoms with Crippen LogP contribution in [0.15, 0.2) is 24.3 Å². The molecule has 1 aromatic rings. The third kappa shape index (κ3) is 4.70. The van der Waals surface area contributed by atoms with Crippen LogP contribution in [0.3, 0.4) is 0 Å². The number of piperidine rings is 1. The standard InChI is InChI=1S/C19H30N2O3/c1-20(2)10-11-23-18-5-3-4-16(12-18)14-21-8-6-19(7-9-21)13-17(22)15-24-19/h3-5,12,17,22H,6-11,13-15H2,1-2H3. The molecular formula is C19H30N2O3. The molecule has 1 N–H and O–H groups in total. The fraction of sp³-hybridized carbons (Fsp3) is 0.684. The molecule has 2 fully saturated rings. The summed E-state index contributed by atoms with van der Waals surface area (Å²) >= 11 is 0. The molecular weight excluding hydrogens is 304 g/mol. The van der Waals surface area contributed by atoms with Gasteiger partial charge >= 0.3 is 0 Å². The van der Waals surface area contributed by atoms with Crippen LogP contribution in [0.1, 0.15) is 24.8 Å². The van der Waals surface area contributed by atoms with Gasteiger partial charge in [-0.3, -0.25) is 4.90 Å². The van der Waals surface area contributed by atoms with Crippen molar-refractivity contribution in [2.45, 2.75) is 37.5 Å². The van der Waals surface area contributed by atoms with Crippen LogP contribution in [-0.2, 0) is 11.3 Å². The first-order valence-corrected chi connectivity index (χ1v) is 8.96. The number of hydrogen-bond acceptors (Lipinski definition) is 5. The summed E-state index contributed by atoms with van der Waals surface area (Å²) in [5.74, 6) is 0.949. The summed E-state index contributed by atoms with van der Waals surface area (Å²) in [5.41, 5.74) is 1.23. The van der Waals surface area contributed by atoms with Gasteiger partial charge in [0.1, 0.15) is 12.4 Å². The van der Waals surface area contributed by atoms with Crippen molar-refractivity contribution in [3.05, 3.63) is 29.8 Å². The van der Waals surface area contributed by atoms with Crippen molar-refractivity contribution in [1.82, 2.24) is 9.80 Å². The largest absolute Gasteiger partial charge is 0.492 e. The van der Waals surface area contributed by atoms with Crippen LogP contribution in [0, 0.1) is 0 Å². The van der Waals surface area contributed by atoms with Crippen molar-refractivity contribution in [2.24, 2.45) is 0 Å². The van der Waals surface area contributed by atoms with Crippen LogP contribution in [-0.4, -0.2) is 73.6 Å². The Morgan fingerprint density at radius 1 is 1.33 bits per heavy atom. The van der Waals surface area contributed by atoms with Gasteiger partial charge in [-0.25, -0.2) is 0 Å². The molecule has 1 aromatic carbocycles. The van der Waals surface area contributed by atoms with Crippen molar-refractivity contribution >= 4 is 0 Å². The van der Waals surface area contributed by atoms with E-state index in [1.807, 2.05) is 6.07 Å². The van der Waals surface area contributed by atoms with Gasteiger partial charge in [0.2, 0.25) is 0 Å². The van der Waals surface area contributed by atoms with Gasteiger partial charge in [-0.1, -0.05) is 12.1 Å². The predicted molar refractivity (Wildman–Crippen MR) is 94.3 cm³/mol. The number of aliphatic hydroxyl groups excluding tert-OH is 1. The van der Waals surface area contributed by atoms with Crippen LogP contribution < -0.4 is 4.74 Å². The van der Waals surface area contributed by atoms with Gasteiger partial charge in [-0.15, -0.1) is 0 Å². The summed E-state index contributed by atoms with van der Waals surface area (Å²) in [7, 11) is 4.10. The molecule has 0 saturated carbocycles. The molecule has 1 unspecified atom stereocenters. The predicted octanol–water partition coefficient (Wildman–Crippen LogP) is 1.74. The second-order valence-corrected chi connectivity index (χ2v) is 7.43. The molecule has 0 aromatic heterocycles. The molecule has 5 heteroatoms. The summed E-state index contributed by atoms with van der Waals surface area (Å²) in [4.78, 5) is 4.59. The zero-order valence-corrected chi connectivity index (χ0v) is 14.9. The van der Waals surface area contributed by atoms with Crippen molar-refractivity contribution in [1.29, 1.82) is 0 Å². The lowest BCUT2D eigenvalue weighted by molar-refractivity contribution is -0.0456. The maximum Gasteiger partial charge on any atom is 0.119 e. The van der Waals surface area contributed by atoms with Gasteiger partial charge in [0.05, 0.1) is 18.3 Å². The molecule has 0 aliphatic carbocycles. The molecule has 1 spiro atoms. The van der Waals surface area contributed by atoms with Gasteiger partial charge < -0.3 is 19.5 Å². The highest BCUT2D eigenvalue weighted by Crippen LogP contribution is 2.36. The molecule has 134 valence electrons. The Bertz CT molecular complexity index is 527. The molecule has 1 atom stereocenters. The lowest BCUT2D eigenvalue weighted by atomic mass is 9.88. The third-order valence-electron chi connectivity index (χ3n) is 5.07. The first-order chi connectivity index (χ1) is 11.5. The summed E-state index contributed by atoms with van der Waals surface area (Å²) < 4.78 is 11.7. The van der Waals surface area contributed by atoms with E-state index in [1.54, 1.807) is 0 Å². The Hall–Kier alpha value is -1.14. The van der Waals surface area contributed by atoms with Crippen molar-refractivity contribution < 1.29 is 14.6 Å². The number of ether oxygens (including phenoxy) is 2. The topological polar surface area (TPSA) is 45.2 Å². The number of benzene rings is 1. The van der Waals surface area contributed by atoms with E-state index < -0.39 is 0 Å². The lowest BCUT2D eigenvalue weighted by Gasteiger charge is -2.38. The van der Waals surface area contributed by atoms with Crippen LogP contribution in [0.5, 0.6) is 5.75 Å². The summed E-state index contributed by atoms with van der Waals surface area (Å²) in [6.45, 7) is 5.14. The van der Waals surface area contributed by atoms with E-state index >= 15 is 0 Å². The number of likely N-dealkylation sites (tertiary alicyclic amines) is 1. The first-order valence-electron chi connectivity index (χ1n) is 8.96. The van der Waals surface area contributed by atoms with Gasteiger partial charge in [0, 0.05) is 32.6 Å². The summed E-state index contributed by atoms with van der Waals surface area (Å²) in [6, 6.07) is 8.41. The molecule has 2 heterocycles. The minimum atomic E-state index is -0.271. The number of aliphatic hydroxyl groups is 1. The Balaban J connectivity index is 1.48. The fourth-order valence-corrected chi connectivity index (χ4v) is 3.63. The SMILES string of the molecule is CN(C)CCOc1cccc(CN2CCC3(CC2)CC(O)CO3)c1. The van der Waals surface area contributed by atoms with Crippen LogP contribution in [0.25, 0.3) is 0 Å². The maximum absolute atomic E-state index is 9.73. The second kappa shape index (κ2) is 7.83. The van der Waals surface area contributed by atoms with E-state index in [-0.39, 0.29) is 11.7 Å². The molecule has 0 radical (unpaired) electrons. The van der Waals surface area contributed by atoms with Crippen molar-refractivity contribution in [3.8, 4) is 5.75 Å². The van der Waals surface area contributed by atoms with Gasteiger partial charge in [-0.05, 0) is 44.6 Å². The second-order valence-electron chi connectivity index (χ2n) is 7.43. The fourth-order valence-electron chi connectivity index (χ4n) is 3.63. The minimum Gasteiger partial charge on any atom is -0.492 e. The Kier molecular flexibility index (Phi) is 5.76. The van der Waals surface area contributed by atoms with E-state index in [2.05, 4.69) is 42.1 Å². The van der Waals surface area contributed by atoms with Crippen LogP contribution in [0.2, 0.25) is 0 Å². The zero-order chi connectivity index (χ0) is 17.0. The molecule has 3 rings (SSSR count). The Morgan fingerprint density at radius 3 is 2.79 bits per heavy atom. The van der Waals surface area contributed by atoms with Crippen LogP contribution in [0.4, 0.5) is 0 Å². The zero-order valence-electron chi connectivity index (χ0n) is 14.9. The van der Waals surface area contributed by atoms with E-state index in [0.717, 1.165) is 51.2 Å². The van der Waals surface area contributed by atoms with E-state index in [9.17, 15) is 5.11 Å². The normalized spacial score (nSPS) is 23.9. The lowest BCUT2D eigenvalue weighted by Crippen LogP contribution is -2.43.